The number of morpholine rings is 1. The Labute approximate surface area is 127 Å². The first kappa shape index (κ1) is 15.7. The number of thioether (sulfide) groups is 1. The van der Waals surface area contributed by atoms with Gasteiger partial charge in [0, 0.05) is 26.6 Å². The summed E-state index contributed by atoms with van der Waals surface area (Å²) < 4.78 is 10.7. The number of hydrogen-bond donors (Lipinski definition) is 0. The fraction of sp³-hybridized carbons (Fsp3) is 0.750. The maximum Gasteiger partial charge on any atom is 0.242 e. The van der Waals surface area contributed by atoms with Crippen LogP contribution in [0.3, 0.4) is 0 Å². The van der Waals surface area contributed by atoms with Crippen LogP contribution in [0.2, 0.25) is 0 Å². The van der Waals surface area contributed by atoms with Crippen LogP contribution < -0.4 is 0 Å². The van der Waals surface area contributed by atoms with E-state index in [-0.39, 0.29) is 18.2 Å². The number of rotatable bonds is 5. The second-order valence-electron chi connectivity index (χ2n) is 4.55. The van der Waals surface area contributed by atoms with Gasteiger partial charge < -0.3 is 14.4 Å². The molecular formula is C12H18N2O4S2. The lowest BCUT2D eigenvalue weighted by Gasteiger charge is -2.27. The van der Waals surface area contributed by atoms with Gasteiger partial charge in [0.05, 0.1) is 31.6 Å². The van der Waals surface area contributed by atoms with Crippen molar-refractivity contribution in [2.75, 3.05) is 46.6 Å². The van der Waals surface area contributed by atoms with Gasteiger partial charge in [-0.1, -0.05) is 24.0 Å². The number of amides is 2. The van der Waals surface area contributed by atoms with Crippen molar-refractivity contribution < 1.29 is 19.1 Å². The molecule has 2 aliphatic rings. The summed E-state index contributed by atoms with van der Waals surface area (Å²) in [5.74, 6) is -0.0887. The van der Waals surface area contributed by atoms with E-state index in [9.17, 15) is 9.59 Å². The summed E-state index contributed by atoms with van der Waals surface area (Å²) in [6.07, 6.45) is 0.202. The molecule has 2 saturated heterocycles. The van der Waals surface area contributed by atoms with Crippen molar-refractivity contribution in [3.8, 4) is 0 Å². The Morgan fingerprint density at radius 2 is 2.20 bits per heavy atom. The van der Waals surface area contributed by atoms with Gasteiger partial charge in [-0.25, -0.2) is 0 Å². The summed E-state index contributed by atoms with van der Waals surface area (Å²) in [4.78, 5) is 27.6. The molecule has 0 N–H and O–H groups in total. The topological polar surface area (TPSA) is 59.1 Å². The van der Waals surface area contributed by atoms with Gasteiger partial charge in [0.2, 0.25) is 11.8 Å². The molecule has 112 valence electrons. The highest BCUT2D eigenvalue weighted by atomic mass is 32.2. The van der Waals surface area contributed by atoms with E-state index in [1.165, 1.54) is 16.7 Å². The second-order valence-corrected chi connectivity index (χ2v) is 6.39. The summed E-state index contributed by atoms with van der Waals surface area (Å²) >= 11 is 6.48. The summed E-state index contributed by atoms with van der Waals surface area (Å²) in [5, 5.41) is -0.394. The number of ether oxygens (including phenoxy) is 2. The molecule has 2 amide bonds. The lowest BCUT2D eigenvalue weighted by Crippen LogP contribution is -2.42. The number of carbonyl (C=O) groups is 2. The minimum Gasteiger partial charge on any atom is -0.383 e. The summed E-state index contributed by atoms with van der Waals surface area (Å²) in [6, 6.07) is 0. The van der Waals surface area contributed by atoms with Crippen molar-refractivity contribution in [3.05, 3.63) is 0 Å². The van der Waals surface area contributed by atoms with Crippen LogP contribution in [0.1, 0.15) is 6.42 Å². The standard InChI is InChI=1S/C12H18N2O4S2/c1-17-5-4-14-11(16)9(20-12(14)19)8-10(15)13-2-6-18-7-3-13/h9H,2-8H2,1H3. The van der Waals surface area contributed by atoms with Gasteiger partial charge >= 0.3 is 0 Å². The van der Waals surface area contributed by atoms with Gasteiger partial charge in [0.25, 0.3) is 0 Å². The second kappa shape index (κ2) is 7.35. The van der Waals surface area contributed by atoms with E-state index in [0.717, 1.165) is 0 Å². The predicted molar refractivity (Wildman–Crippen MR) is 79.6 cm³/mol. The molecule has 0 bridgehead atoms. The number of methoxy groups -OCH3 is 1. The average Bonchev–Trinajstić information content (AvgIpc) is 2.72. The Bertz CT molecular complexity index is 399. The maximum atomic E-state index is 12.2. The van der Waals surface area contributed by atoms with E-state index in [1.807, 2.05) is 0 Å². The summed E-state index contributed by atoms with van der Waals surface area (Å²) in [5.41, 5.74) is 0. The van der Waals surface area contributed by atoms with Gasteiger partial charge in [-0.15, -0.1) is 0 Å². The van der Waals surface area contributed by atoms with Gasteiger partial charge in [-0.05, 0) is 0 Å². The first-order valence-electron chi connectivity index (χ1n) is 6.50. The third-order valence-corrected chi connectivity index (χ3v) is 4.83. The van der Waals surface area contributed by atoms with E-state index in [1.54, 1.807) is 12.0 Å². The van der Waals surface area contributed by atoms with Crippen LogP contribution in [-0.2, 0) is 19.1 Å². The quantitative estimate of drug-likeness (QED) is 0.671. The minimum absolute atomic E-state index is 0.00413. The zero-order chi connectivity index (χ0) is 14.5. The smallest absolute Gasteiger partial charge is 0.242 e. The van der Waals surface area contributed by atoms with Crippen LogP contribution in [0, 0.1) is 0 Å². The van der Waals surface area contributed by atoms with E-state index in [2.05, 4.69) is 0 Å². The monoisotopic (exact) mass is 318 g/mol. The van der Waals surface area contributed by atoms with Crippen molar-refractivity contribution in [1.29, 1.82) is 0 Å². The molecule has 2 heterocycles. The Balaban J connectivity index is 1.88. The van der Waals surface area contributed by atoms with E-state index < -0.39 is 5.25 Å². The van der Waals surface area contributed by atoms with Gasteiger partial charge in [-0.3, -0.25) is 14.5 Å². The molecular weight excluding hydrogens is 300 g/mol. The van der Waals surface area contributed by atoms with Crippen LogP contribution >= 0.6 is 24.0 Å². The Kier molecular flexibility index (Phi) is 5.76. The third kappa shape index (κ3) is 3.69. The summed E-state index contributed by atoms with van der Waals surface area (Å²) in [6.45, 7) is 3.22. The molecule has 1 atom stereocenters. The molecule has 1 unspecified atom stereocenters. The molecule has 0 aromatic heterocycles. The molecule has 0 aliphatic carbocycles. The van der Waals surface area contributed by atoms with Crippen LogP contribution in [0.5, 0.6) is 0 Å². The largest absolute Gasteiger partial charge is 0.383 e. The van der Waals surface area contributed by atoms with Crippen molar-refractivity contribution in [3.63, 3.8) is 0 Å². The van der Waals surface area contributed by atoms with Crippen molar-refractivity contribution in [1.82, 2.24) is 9.80 Å². The zero-order valence-electron chi connectivity index (χ0n) is 11.4. The highest BCUT2D eigenvalue weighted by molar-refractivity contribution is 8.24. The fourth-order valence-corrected chi connectivity index (χ4v) is 3.65. The van der Waals surface area contributed by atoms with Gasteiger partial charge in [0.15, 0.2) is 0 Å². The van der Waals surface area contributed by atoms with E-state index in [4.69, 9.17) is 21.7 Å². The molecule has 0 aromatic carbocycles. The first-order valence-corrected chi connectivity index (χ1v) is 7.78. The molecule has 0 aromatic rings. The van der Waals surface area contributed by atoms with Crippen LogP contribution in [0.15, 0.2) is 0 Å². The Morgan fingerprint density at radius 3 is 2.85 bits per heavy atom. The summed E-state index contributed by atoms with van der Waals surface area (Å²) in [7, 11) is 1.58. The number of carbonyl (C=O) groups excluding carboxylic acids is 2. The maximum absolute atomic E-state index is 12.2. The normalized spacial score (nSPS) is 23.6. The van der Waals surface area contributed by atoms with Crippen molar-refractivity contribution in [2.45, 2.75) is 11.7 Å². The number of thiocarbonyl (C=S) groups is 1. The zero-order valence-corrected chi connectivity index (χ0v) is 13.0. The fourth-order valence-electron chi connectivity index (χ4n) is 2.11. The minimum atomic E-state index is -0.394. The molecule has 6 nitrogen and oxygen atoms in total. The van der Waals surface area contributed by atoms with Gasteiger partial charge in [-0.2, -0.15) is 0 Å². The molecule has 8 heteroatoms. The van der Waals surface area contributed by atoms with Crippen LogP contribution in [0.25, 0.3) is 0 Å². The van der Waals surface area contributed by atoms with Crippen molar-refractivity contribution >= 4 is 40.1 Å². The third-order valence-electron chi connectivity index (χ3n) is 3.25. The molecule has 0 saturated carbocycles. The SMILES string of the molecule is COCCN1C(=O)C(CC(=O)N2CCOCC2)SC1=S. The van der Waals surface area contributed by atoms with Gasteiger partial charge in [0.1, 0.15) is 4.32 Å². The predicted octanol–water partition coefficient (Wildman–Crippen LogP) is 0.111. The lowest BCUT2D eigenvalue weighted by molar-refractivity contribution is -0.137. The molecule has 2 fully saturated rings. The van der Waals surface area contributed by atoms with E-state index >= 15 is 0 Å². The molecule has 0 radical (unpaired) electrons. The Morgan fingerprint density at radius 1 is 1.50 bits per heavy atom. The van der Waals surface area contributed by atoms with Crippen molar-refractivity contribution in [2.24, 2.45) is 0 Å². The molecule has 2 rings (SSSR count). The van der Waals surface area contributed by atoms with Crippen LogP contribution in [-0.4, -0.2) is 77.7 Å². The average molecular weight is 318 g/mol. The highest BCUT2D eigenvalue weighted by Crippen LogP contribution is 2.29. The Hall–Kier alpha value is -0.700. The number of nitrogens with zero attached hydrogens (tertiary/aromatic N) is 2. The highest BCUT2D eigenvalue weighted by Gasteiger charge is 2.38. The molecule has 20 heavy (non-hydrogen) atoms. The first-order chi connectivity index (χ1) is 9.63. The van der Waals surface area contributed by atoms with Crippen LogP contribution in [0.4, 0.5) is 0 Å². The number of hydrogen-bond acceptors (Lipinski definition) is 6. The molecule has 0 spiro atoms. The lowest BCUT2D eigenvalue weighted by atomic mass is 10.2. The molecule has 2 aliphatic heterocycles. The van der Waals surface area contributed by atoms with E-state index in [0.29, 0.717) is 43.8 Å².